The fraction of sp³-hybridized carbons (Fsp3) is 0.244. The smallest absolute Gasteiger partial charge is 0.328 e. The molecule has 1 saturated heterocycles. The zero-order valence-corrected chi connectivity index (χ0v) is 29.1. The number of carbonyl (C=O) groups excluding carboxylic acids is 2. The van der Waals surface area contributed by atoms with Crippen molar-refractivity contribution in [3.05, 3.63) is 155 Å². The molecule has 262 valence electrons. The molecule has 2 heterocycles. The molecule has 6 rings (SSSR count). The maximum Gasteiger partial charge on any atom is 0.328 e. The molecule has 4 aromatic carbocycles. The predicted octanol–water partition coefficient (Wildman–Crippen LogP) is 7.16. The van der Waals surface area contributed by atoms with E-state index < -0.39 is 24.3 Å². The van der Waals surface area contributed by atoms with Crippen LogP contribution in [-0.2, 0) is 38.6 Å². The maximum absolute atomic E-state index is 12.9. The number of aliphatic hydroxyl groups excluding tert-OH is 1. The van der Waals surface area contributed by atoms with Crippen molar-refractivity contribution in [2.24, 2.45) is 0 Å². The number of esters is 1. The van der Waals surface area contributed by atoms with E-state index in [0.29, 0.717) is 12.8 Å². The van der Waals surface area contributed by atoms with Crippen molar-refractivity contribution in [1.82, 2.24) is 15.6 Å². The van der Waals surface area contributed by atoms with Crippen molar-refractivity contribution in [2.45, 2.75) is 55.6 Å². The van der Waals surface area contributed by atoms with Crippen molar-refractivity contribution < 1.29 is 28.9 Å². The van der Waals surface area contributed by atoms with Crippen molar-refractivity contribution in [3.8, 4) is 11.1 Å². The number of aromatic nitrogens is 1. The summed E-state index contributed by atoms with van der Waals surface area (Å²) in [6.45, 7) is 0.244. The van der Waals surface area contributed by atoms with E-state index in [1.54, 1.807) is 18.0 Å². The highest BCUT2D eigenvalue weighted by atomic mass is 32.2. The predicted molar refractivity (Wildman–Crippen MR) is 197 cm³/mol. The molecule has 0 bridgehead atoms. The van der Waals surface area contributed by atoms with Crippen LogP contribution in [0.2, 0.25) is 0 Å². The topological polar surface area (TPSA) is 119 Å². The molecule has 3 N–H and O–H groups in total. The van der Waals surface area contributed by atoms with E-state index in [4.69, 9.17) is 14.2 Å². The van der Waals surface area contributed by atoms with E-state index >= 15 is 0 Å². The highest BCUT2D eigenvalue weighted by molar-refractivity contribution is 7.99. The number of rotatable bonds is 13. The van der Waals surface area contributed by atoms with Crippen LogP contribution in [0.3, 0.4) is 0 Å². The third-order valence-electron chi connectivity index (χ3n) is 8.69. The second kappa shape index (κ2) is 17.8. The molecule has 1 fully saturated rings. The Bertz CT molecular complexity index is 1860. The first kappa shape index (κ1) is 35.8. The van der Waals surface area contributed by atoms with Crippen LogP contribution in [0.15, 0.2) is 133 Å². The molecule has 0 aliphatic carbocycles. The summed E-state index contributed by atoms with van der Waals surface area (Å²) < 4.78 is 18.0. The van der Waals surface area contributed by atoms with Gasteiger partial charge in [-0.05, 0) is 45.5 Å². The number of thioether (sulfide) groups is 1. The Labute approximate surface area is 302 Å². The minimum Gasteiger partial charge on any atom is -0.467 e. The molecule has 9 nitrogen and oxygen atoms in total. The Morgan fingerprint density at radius 1 is 0.863 bits per heavy atom. The number of hydrogen-bond acceptors (Lipinski definition) is 8. The van der Waals surface area contributed by atoms with Crippen LogP contribution in [0.5, 0.6) is 0 Å². The van der Waals surface area contributed by atoms with Gasteiger partial charge in [-0.3, -0.25) is 0 Å². The third-order valence-corrected chi connectivity index (χ3v) is 9.77. The standard InChI is InChI=1S/C41H41N3O6S/c1-48-39(46)36(23-28-9-3-2-4-10-28)44-41(47)43-25-33-11-5-6-12-35(33)30-18-20-32(21-19-30)40-49-34(27-51-38-13-7-8-22-42-38)24-37(50-40)31-16-14-29(26-45)15-17-31/h2-22,34,36-37,40,45H,23-27H2,1H3,(H2,43,44,47)/t34-,36+,37+,40+/m1/s1. The van der Waals surface area contributed by atoms with Gasteiger partial charge in [-0.1, -0.05) is 109 Å². The Hall–Kier alpha value is -5.00. The lowest BCUT2D eigenvalue weighted by Gasteiger charge is -2.36. The monoisotopic (exact) mass is 703 g/mol. The van der Waals surface area contributed by atoms with Gasteiger partial charge in [0.2, 0.25) is 0 Å². The van der Waals surface area contributed by atoms with Crippen LogP contribution in [0.25, 0.3) is 11.1 Å². The number of nitrogens with one attached hydrogen (secondary N) is 2. The molecular weight excluding hydrogens is 663 g/mol. The van der Waals surface area contributed by atoms with Crippen molar-refractivity contribution in [3.63, 3.8) is 0 Å². The van der Waals surface area contributed by atoms with Crippen LogP contribution in [0, 0.1) is 0 Å². The first-order chi connectivity index (χ1) is 25.0. The third kappa shape index (κ3) is 9.83. The summed E-state index contributed by atoms with van der Waals surface area (Å²) in [5.41, 5.74) is 6.56. The molecule has 51 heavy (non-hydrogen) atoms. The van der Waals surface area contributed by atoms with E-state index in [2.05, 4.69) is 15.6 Å². The Morgan fingerprint density at radius 3 is 2.31 bits per heavy atom. The van der Waals surface area contributed by atoms with E-state index in [0.717, 1.165) is 49.7 Å². The molecule has 0 spiro atoms. The largest absolute Gasteiger partial charge is 0.467 e. The first-order valence-corrected chi connectivity index (χ1v) is 17.9. The number of urea groups is 1. The molecule has 5 aromatic rings. The van der Waals surface area contributed by atoms with Crippen LogP contribution < -0.4 is 10.6 Å². The Morgan fingerprint density at radius 2 is 1.59 bits per heavy atom. The van der Waals surface area contributed by atoms with Gasteiger partial charge in [0.15, 0.2) is 6.29 Å². The van der Waals surface area contributed by atoms with Gasteiger partial charge in [-0.25, -0.2) is 14.6 Å². The summed E-state index contributed by atoms with van der Waals surface area (Å²) >= 11 is 1.66. The van der Waals surface area contributed by atoms with Gasteiger partial charge in [-0.2, -0.15) is 0 Å². The maximum atomic E-state index is 12.9. The number of pyridine rings is 1. The van der Waals surface area contributed by atoms with E-state index in [1.165, 1.54) is 7.11 Å². The normalized spacial score (nSPS) is 17.6. The highest BCUT2D eigenvalue weighted by Crippen LogP contribution is 2.40. The zero-order valence-electron chi connectivity index (χ0n) is 28.3. The Kier molecular flexibility index (Phi) is 12.5. The van der Waals surface area contributed by atoms with Crippen molar-refractivity contribution in [1.29, 1.82) is 0 Å². The summed E-state index contributed by atoms with van der Waals surface area (Å²) in [4.78, 5) is 29.8. The highest BCUT2D eigenvalue weighted by Gasteiger charge is 2.32. The molecule has 2 amide bonds. The van der Waals surface area contributed by atoms with Gasteiger partial charge in [0.1, 0.15) is 6.04 Å². The lowest BCUT2D eigenvalue weighted by molar-refractivity contribution is -0.245. The molecule has 0 unspecified atom stereocenters. The van der Waals surface area contributed by atoms with Crippen LogP contribution in [0.1, 0.15) is 46.6 Å². The number of hydrogen-bond donors (Lipinski definition) is 3. The number of nitrogens with zero attached hydrogens (tertiary/aromatic N) is 1. The van der Waals surface area contributed by atoms with E-state index in [-0.39, 0.29) is 25.4 Å². The zero-order chi connectivity index (χ0) is 35.4. The fourth-order valence-corrected chi connectivity index (χ4v) is 6.86. The Balaban J connectivity index is 1.13. The van der Waals surface area contributed by atoms with E-state index in [1.807, 2.05) is 121 Å². The molecule has 10 heteroatoms. The number of amides is 2. The minimum atomic E-state index is -0.822. The molecule has 1 aliphatic rings. The number of aliphatic hydroxyl groups is 1. The molecular formula is C41H41N3O6S. The minimum absolute atomic E-state index is 0.00969. The average Bonchev–Trinajstić information content (AvgIpc) is 3.19. The van der Waals surface area contributed by atoms with Gasteiger partial charge in [-0.15, -0.1) is 11.8 Å². The van der Waals surface area contributed by atoms with Gasteiger partial charge in [0, 0.05) is 36.9 Å². The van der Waals surface area contributed by atoms with Crippen molar-refractivity contribution in [2.75, 3.05) is 12.9 Å². The number of carbonyl (C=O) groups is 2. The molecule has 0 radical (unpaired) electrons. The van der Waals surface area contributed by atoms with Gasteiger partial charge >= 0.3 is 12.0 Å². The van der Waals surface area contributed by atoms with Crippen molar-refractivity contribution >= 4 is 23.8 Å². The molecule has 1 aliphatic heterocycles. The second-order valence-corrected chi connectivity index (χ2v) is 13.2. The average molecular weight is 704 g/mol. The summed E-state index contributed by atoms with van der Waals surface area (Å²) in [7, 11) is 1.31. The summed E-state index contributed by atoms with van der Waals surface area (Å²) in [6, 6.07) is 37.9. The molecule has 0 saturated carbocycles. The van der Waals surface area contributed by atoms with Crippen LogP contribution in [0.4, 0.5) is 4.79 Å². The van der Waals surface area contributed by atoms with Crippen LogP contribution in [-0.4, -0.2) is 47.1 Å². The molecule has 1 aromatic heterocycles. The summed E-state index contributed by atoms with van der Waals surface area (Å²) in [6.07, 6.45) is 1.95. The number of methoxy groups -OCH3 is 1. The number of ether oxygens (including phenoxy) is 3. The number of benzene rings is 4. The summed E-state index contributed by atoms with van der Waals surface area (Å²) in [5.74, 6) is 0.213. The van der Waals surface area contributed by atoms with Gasteiger partial charge in [0.25, 0.3) is 0 Å². The van der Waals surface area contributed by atoms with Crippen LogP contribution >= 0.6 is 11.8 Å². The molecule has 4 atom stereocenters. The van der Waals surface area contributed by atoms with Gasteiger partial charge in [0.05, 0.1) is 31.0 Å². The summed E-state index contributed by atoms with van der Waals surface area (Å²) in [5, 5.41) is 16.1. The second-order valence-electron chi connectivity index (χ2n) is 12.2. The SMILES string of the molecule is COC(=O)[C@H](Cc1ccccc1)NC(=O)NCc1ccccc1-c1ccc([C@H]2O[C@@H](CSc3ccccn3)C[C@@H](c3ccc(CO)cc3)O2)cc1. The first-order valence-electron chi connectivity index (χ1n) is 16.9. The lowest BCUT2D eigenvalue weighted by atomic mass is 9.98. The lowest BCUT2D eigenvalue weighted by Crippen LogP contribution is -2.47. The fourth-order valence-electron chi connectivity index (χ4n) is 5.98. The quantitative estimate of drug-likeness (QED) is 0.0874. The van der Waals surface area contributed by atoms with Gasteiger partial charge < -0.3 is 30.0 Å². The van der Waals surface area contributed by atoms with E-state index in [9.17, 15) is 14.7 Å².